The molecule has 0 bridgehead atoms. The van der Waals surface area contributed by atoms with E-state index in [9.17, 15) is 4.79 Å². The molecular formula is C21H19ClN4O. The summed E-state index contributed by atoms with van der Waals surface area (Å²) in [4.78, 5) is 17.2. The molecule has 0 fully saturated rings. The van der Waals surface area contributed by atoms with Crippen LogP contribution >= 0.6 is 11.6 Å². The van der Waals surface area contributed by atoms with Crippen molar-refractivity contribution in [1.29, 1.82) is 0 Å². The van der Waals surface area contributed by atoms with Crippen LogP contribution in [0.2, 0.25) is 5.02 Å². The Kier molecular flexibility index (Phi) is 4.32. The van der Waals surface area contributed by atoms with Gasteiger partial charge in [0.05, 0.1) is 39.5 Å². The van der Waals surface area contributed by atoms with E-state index in [0.717, 1.165) is 33.7 Å². The van der Waals surface area contributed by atoms with Gasteiger partial charge in [-0.05, 0) is 43.7 Å². The number of aromatic nitrogens is 4. The average molecular weight is 379 g/mol. The number of aryl methyl sites for hydroxylation is 2. The minimum absolute atomic E-state index is 0.0553. The lowest BCUT2D eigenvalue weighted by molar-refractivity contribution is 0.0993. The van der Waals surface area contributed by atoms with Gasteiger partial charge < -0.3 is 4.57 Å². The summed E-state index contributed by atoms with van der Waals surface area (Å²) in [5.41, 5.74) is 6.01. The largest absolute Gasteiger partial charge is 0.334 e. The van der Waals surface area contributed by atoms with E-state index in [1.807, 2.05) is 67.9 Å². The first-order valence-corrected chi connectivity index (χ1v) is 9.07. The van der Waals surface area contributed by atoms with E-state index in [-0.39, 0.29) is 5.78 Å². The number of rotatable bonds is 4. The number of halogens is 1. The van der Waals surface area contributed by atoms with E-state index < -0.39 is 0 Å². The molecule has 4 aromatic rings. The molecule has 0 spiro atoms. The topological polar surface area (TPSA) is 52.7 Å². The summed E-state index contributed by atoms with van der Waals surface area (Å²) in [7, 11) is 1.96. The molecule has 0 atom stereocenters. The second-order valence-corrected chi connectivity index (χ2v) is 7.10. The van der Waals surface area contributed by atoms with Crippen LogP contribution in [0.25, 0.3) is 16.7 Å². The molecule has 0 saturated heterocycles. The smallest absolute Gasteiger partial charge is 0.167 e. The summed E-state index contributed by atoms with van der Waals surface area (Å²) < 4.78 is 3.73. The maximum atomic E-state index is 12.8. The van der Waals surface area contributed by atoms with Crippen LogP contribution in [0.4, 0.5) is 0 Å². The third kappa shape index (κ3) is 3.15. The number of carbonyl (C=O) groups excluding carboxylic acids is 1. The van der Waals surface area contributed by atoms with E-state index in [1.165, 1.54) is 0 Å². The molecule has 0 aliphatic carbocycles. The first-order chi connectivity index (χ1) is 12.9. The van der Waals surface area contributed by atoms with Crippen molar-refractivity contribution >= 4 is 28.4 Å². The van der Waals surface area contributed by atoms with Crippen molar-refractivity contribution in [2.75, 3.05) is 0 Å². The van der Waals surface area contributed by atoms with Gasteiger partial charge in [0.15, 0.2) is 5.78 Å². The normalized spacial score (nSPS) is 11.3. The fraction of sp³-hybridized carbons (Fsp3) is 0.190. The van der Waals surface area contributed by atoms with Crippen molar-refractivity contribution < 1.29 is 4.79 Å². The molecule has 136 valence electrons. The summed E-state index contributed by atoms with van der Waals surface area (Å²) in [6, 6.07) is 13.4. The first kappa shape index (κ1) is 17.5. The number of imidazole rings is 1. The quantitative estimate of drug-likeness (QED) is 0.493. The van der Waals surface area contributed by atoms with Crippen molar-refractivity contribution in [2.45, 2.75) is 20.3 Å². The highest BCUT2D eigenvalue weighted by Gasteiger charge is 2.13. The van der Waals surface area contributed by atoms with Gasteiger partial charge in [-0.2, -0.15) is 5.10 Å². The molecule has 0 radical (unpaired) electrons. The lowest BCUT2D eigenvalue weighted by Crippen LogP contribution is -2.06. The molecule has 0 aliphatic rings. The highest BCUT2D eigenvalue weighted by Crippen LogP contribution is 2.23. The molecule has 0 aliphatic heterocycles. The maximum Gasteiger partial charge on any atom is 0.167 e. The van der Waals surface area contributed by atoms with Gasteiger partial charge in [0.2, 0.25) is 0 Å². The SMILES string of the molecule is Cc1nn(-c2cccc(C(=O)Cc3ccc4c(c3)ncn4C)c2)c(C)c1Cl. The van der Waals surface area contributed by atoms with Gasteiger partial charge in [0.1, 0.15) is 0 Å². The van der Waals surface area contributed by atoms with Gasteiger partial charge in [-0.3, -0.25) is 4.79 Å². The lowest BCUT2D eigenvalue weighted by atomic mass is 10.0. The van der Waals surface area contributed by atoms with E-state index in [0.29, 0.717) is 17.0 Å². The van der Waals surface area contributed by atoms with Crippen LogP contribution in [-0.4, -0.2) is 25.1 Å². The third-order valence-electron chi connectivity index (χ3n) is 4.77. The Morgan fingerprint density at radius 1 is 1.15 bits per heavy atom. The monoisotopic (exact) mass is 378 g/mol. The first-order valence-electron chi connectivity index (χ1n) is 8.69. The number of Topliss-reactive ketones (excluding diaryl/α,β-unsaturated/α-hetero) is 1. The molecule has 2 heterocycles. The lowest BCUT2D eigenvalue weighted by Gasteiger charge is -2.07. The van der Waals surface area contributed by atoms with Crippen LogP contribution < -0.4 is 0 Å². The molecule has 0 amide bonds. The molecule has 0 unspecified atom stereocenters. The van der Waals surface area contributed by atoms with Gasteiger partial charge in [-0.25, -0.2) is 9.67 Å². The summed E-state index contributed by atoms with van der Waals surface area (Å²) in [5, 5.41) is 5.11. The van der Waals surface area contributed by atoms with Gasteiger partial charge in [-0.1, -0.05) is 29.8 Å². The number of ketones is 1. The number of benzene rings is 2. The summed E-state index contributed by atoms with van der Waals surface area (Å²) >= 11 is 6.25. The summed E-state index contributed by atoms with van der Waals surface area (Å²) in [6.07, 6.45) is 2.10. The van der Waals surface area contributed by atoms with Gasteiger partial charge in [-0.15, -0.1) is 0 Å². The van der Waals surface area contributed by atoms with Crippen molar-refractivity contribution in [2.24, 2.45) is 7.05 Å². The Balaban J connectivity index is 1.62. The van der Waals surface area contributed by atoms with Gasteiger partial charge in [0.25, 0.3) is 0 Å². The summed E-state index contributed by atoms with van der Waals surface area (Å²) in [5.74, 6) is 0.0553. The minimum Gasteiger partial charge on any atom is -0.334 e. The molecule has 27 heavy (non-hydrogen) atoms. The second kappa shape index (κ2) is 6.67. The highest BCUT2D eigenvalue weighted by atomic mass is 35.5. The predicted molar refractivity (Wildman–Crippen MR) is 107 cm³/mol. The van der Waals surface area contributed by atoms with Gasteiger partial charge >= 0.3 is 0 Å². The third-order valence-corrected chi connectivity index (χ3v) is 5.32. The molecule has 0 N–H and O–H groups in total. The van der Waals surface area contributed by atoms with Crippen LogP contribution in [0.5, 0.6) is 0 Å². The van der Waals surface area contributed by atoms with E-state index in [1.54, 1.807) is 11.0 Å². The minimum atomic E-state index is 0.0553. The molecule has 0 saturated carbocycles. The molecule has 2 aromatic heterocycles. The molecule has 6 heteroatoms. The predicted octanol–water partition coefficient (Wildman–Crippen LogP) is 4.45. The van der Waals surface area contributed by atoms with E-state index in [2.05, 4.69) is 10.1 Å². The zero-order valence-electron chi connectivity index (χ0n) is 15.4. The fourth-order valence-electron chi connectivity index (χ4n) is 3.27. The molecule has 2 aromatic carbocycles. The standard InChI is InChI=1S/C21H19ClN4O/c1-13-21(22)14(2)26(24-13)17-6-4-5-16(11-17)20(27)10-15-7-8-19-18(9-15)23-12-25(19)3/h4-9,11-12H,10H2,1-3H3. The Labute approximate surface area is 162 Å². The van der Waals surface area contributed by atoms with Crippen molar-refractivity contribution in [3.63, 3.8) is 0 Å². The number of nitrogens with zero attached hydrogens (tertiary/aromatic N) is 4. The Morgan fingerprint density at radius 3 is 2.70 bits per heavy atom. The van der Waals surface area contributed by atoms with Crippen LogP contribution in [0.15, 0.2) is 48.8 Å². The number of hydrogen-bond donors (Lipinski definition) is 0. The van der Waals surface area contributed by atoms with Crippen LogP contribution in [-0.2, 0) is 13.5 Å². The van der Waals surface area contributed by atoms with E-state index in [4.69, 9.17) is 11.6 Å². The van der Waals surface area contributed by atoms with Crippen LogP contribution in [0.1, 0.15) is 27.3 Å². The number of fused-ring (bicyclic) bond motifs is 1. The summed E-state index contributed by atoms with van der Waals surface area (Å²) in [6.45, 7) is 3.79. The highest BCUT2D eigenvalue weighted by molar-refractivity contribution is 6.31. The number of hydrogen-bond acceptors (Lipinski definition) is 3. The zero-order chi connectivity index (χ0) is 19.1. The fourth-order valence-corrected chi connectivity index (χ4v) is 3.38. The van der Waals surface area contributed by atoms with Crippen LogP contribution in [0.3, 0.4) is 0 Å². The van der Waals surface area contributed by atoms with Gasteiger partial charge in [0, 0.05) is 19.0 Å². The van der Waals surface area contributed by atoms with E-state index >= 15 is 0 Å². The van der Waals surface area contributed by atoms with Crippen molar-refractivity contribution in [3.05, 3.63) is 76.3 Å². The Hall–Kier alpha value is -2.92. The zero-order valence-corrected chi connectivity index (χ0v) is 16.2. The molecular weight excluding hydrogens is 360 g/mol. The Morgan fingerprint density at radius 2 is 1.96 bits per heavy atom. The molecule has 5 nitrogen and oxygen atoms in total. The second-order valence-electron chi connectivity index (χ2n) is 6.73. The van der Waals surface area contributed by atoms with Crippen LogP contribution in [0, 0.1) is 13.8 Å². The van der Waals surface area contributed by atoms with Crippen molar-refractivity contribution in [1.82, 2.24) is 19.3 Å². The maximum absolute atomic E-state index is 12.8. The Bertz CT molecular complexity index is 1170. The molecule has 4 rings (SSSR count). The number of carbonyl (C=O) groups is 1. The average Bonchev–Trinajstić information content (AvgIpc) is 3.16. The van der Waals surface area contributed by atoms with Crippen molar-refractivity contribution in [3.8, 4) is 5.69 Å².